The average Bonchev–Trinajstić information content (AvgIpc) is 2.85. The first-order valence-electron chi connectivity index (χ1n) is 6.92. The summed E-state index contributed by atoms with van der Waals surface area (Å²) >= 11 is 0. The second-order valence-electron chi connectivity index (χ2n) is 5.15. The van der Waals surface area contributed by atoms with Crippen LogP contribution in [0.1, 0.15) is 38.2 Å². The van der Waals surface area contributed by atoms with Crippen LogP contribution in [0.15, 0.2) is 29.2 Å². The summed E-state index contributed by atoms with van der Waals surface area (Å²) in [6.07, 6.45) is 4.48. The van der Waals surface area contributed by atoms with Crippen LogP contribution < -0.4 is 5.32 Å². The molecule has 1 aromatic carbocycles. The van der Waals surface area contributed by atoms with E-state index in [-0.39, 0.29) is 0 Å². The van der Waals surface area contributed by atoms with Crippen molar-refractivity contribution in [3.8, 4) is 0 Å². The molecule has 100 valence electrons. The molecule has 1 aromatic rings. The van der Waals surface area contributed by atoms with Gasteiger partial charge in [0.25, 0.3) is 0 Å². The Balaban J connectivity index is 1.97. The molecular weight excluding hydrogens is 242 g/mol. The predicted molar refractivity (Wildman–Crippen MR) is 77.3 cm³/mol. The molecule has 2 rings (SSSR count). The van der Waals surface area contributed by atoms with Crippen LogP contribution in [0.3, 0.4) is 0 Å². The fraction of sp³-hybridized carbons (Fsp3) is 0.600. The highest BCUT2D eigenvalue weighted by atomic mass is 32.2. The predicted octanol–water partition coefficient (Wildman–Crippen LogP) is 3.02. The summed E-state index contributed by atoms with van der Waals surface area (Å²) in [5, 5.41) is 3.88. The third-order valence-electron chi connectivity index (χ3n) is 3.68. The van der Waals surface area contributed by atoms with E-state index in [1.54, 1.807) is 0 Å². The highest BCUT2D eigenvalue weighted by molar-refractivity contribution is 7.85. The van der Waals surface area contributed by atoms with E-state index in [9.17, 15) is 4.21 Å². The van der Waals surface area contributed by atoms with Crippen LogP contribution in [0.25, 0.3) is 0 Å². The minimum Gasteiger partial charge on any atom is -0.314 e. The molecule has 2 nitrogen and oxygen atoms in total. The first kappa shape index (κ1) is 13.8. The van der Waals surface area contributed by atoms with Crippen molar-refractivity contribution in [2.45, 2.75) is 55.7 Å². The highest BCUT2D eigenvalue weighted by Gasteiger charge is 2.29. The number of hydrogen-bond acceptors (Lipinski definition) is 2. The van der Waals surface area contributed by atoms with Crippen LogP contribution in [-0.2, 0) is 10.8 Å². The van der Waals surface area contributed by atoms with Crippen molar-refractivity contribution in [2.75, 3.05) is 6.54 Å². The minimum absolute atomic E-state index is 0.334. The number of benzene rings is 1. The lowest BCUT2D eigenvalue weighted by Crippen LogP contribution is -2.28. The molecule has 3 heteroatoms. The van der Waals surface area contributed by atoms with E-state index in [0.717, 1.165) is 29.8 Å². The molecule has 1 saturated carbocycles. The van der Waals surface area contributed by atoms with Crippen molar-refractivity contribution >= 4 is 10.8 Å². The van der Waals surface area contributed by atoms with Gasteiger partial charge in [-0.15, -0.1) is 0 Å². The Hall–Kier alpha value is -0.670. The molecule has 3 unspecified atom stereocenters. The van der Waals surface area contributed by atoms with Crippen molar-refractivity contribution in [1.29, 1.82) is 0 Å². The summed E-state index contributed by atoms with van der Waals surface area (Å²) in [6, 6.07) is 8.63. The van der Waals surface area contributed by atoms with Crippen molar-refractivity contribution in [2.24, 2.45) is 0 Å². The quantitative estimate of drug-likeness (QED) is 0.886. The lowest BCUT2D eigenvalue weighted by molar-refractivity contribution is 0.523. The van der Waals surface area contributed by atoms with Gasteiger partial charge in [0, 0.05) is 16.2 Å². The summed E-state index contributed by atoms with van der Waals surface area (Å²) in [4.78, 5) is 1.03. The summed E-state index contributed by atoms with van der Waals surface area (Å²) < 4.78 is 12.6. The maximum absolute atomic E-state index is 12.6. The fourth-order valence-corrected chi connectivity index (χ4v) is 4.34. The van der Waals surface area contributed by atoms with Crippen molar-refractivity contribution in [1.82, 2.24) is 5.32 Å². The molecule has 1 fully saturated rings. The number of aryl methyl sites for hydroxylation is 1. The molecule has 1 N–H and O–H groups in total. The van der Waals surface area contributed by atoms with Crippen molar-refractivity contribution < 1.29 is 4.21 Å². The maximum atomic E-state index is 12.6. The molecule has 1 aliphatic carbocycles. The SMILES string of the molecule is CCCNC1CCC(S(=O)c2ccccc2C)C1. The van der Waals surface area contributed by atoms with E-state index in [0.29, 0.717) is 11.3 Å². The Kier molecular flexibility index (Phi) is 4.95. The Labute approximate surface area is 113 Å². The topological polar surface area (TPSA) is 29.1 Å². The Morgan fingerprint density at radius 1 is 1.33 bits per heavy atom. The summed E-state index contributed by atoms with van der Waals surface area (Å²) in [5.74, 6) is 0. The van der Waals surface area contributed by atoms with Gasteiger partial charge in [0.1, 0.15) is 0 Å². The van der Waals surface area contributed by atoms with Gasteiger partial charge in [-0.2, -0.15) is 0 Å². The third-order valence-corrected chi connectivity index (χ3v) is 5.61. The third kappa shape index (κ3) is 3.21. The second kappa shape index (κ2) is 6.48. The first-order chi connectivity index (χ1) is 8.72. The standard InChI is InChI=1S/C15H23NOS/c1-3-10-16-13-8-9-14(11-13)18(17)15-7-5-4-6-12(15)2/h4-7,13-14,16H,3,8-11H2,1-2H3. The van der Waals surface area contributed by atoms with E-state index >= 15 is 0 Å². The number of hydrogen-bond donors (Lipinski definition) is 1. The Morgan fingerprint density at radius 3 is 2.83 bits per heavy atom. The zero-order valence-corrected chi connectivity index (χ0v) is 12.1. The molecule has 0 radical (unpaired) electrons. The molecule has 0 aromatic heterocycles. The van der Waals surface area contributed by atoms with Gasteiger partial charge < -0.3 is 5.32 Å². The maximum Gasteiger partial charge on any atom is 0.0564 e. The highest BCUT2D eigenvalue weighted by Crippen LogP contribution is 2.28. The Morgan fingerprint density at radius 2 is 2.11 bits per heavy atom. The van der Waals surface area contributed by atoms with Gasteiger partial charge in [-0.05, 0) is 50.8 Å². The molecule has 0 spiro atoms. The normalized spacial score (nSPS) is 25.2. The smallest absolute Gasteiger partial charge is 0.0564 e. The monoisotopic (exact) mass is 265 g/mol. The summed E-state index contributed by atoms with van der Waals surface area (Å²) in [5.41, 5.74) is 1.15. The van der Waals surface area contributed by atoms with Crippen molar-refractivity contribution in [3.63, 3.8) is 0 Å². The molecule has 0 amide bonds. The summed E-state index contributed by atoms with van der Waals surface area (Å²) in [7, 11) is -0.837. The van der Waals surface area contributed by atoms with E-state index in [1.807, 2.05) is 18.2 Å². The van der Waals surface area contributed by atoms with Gasteiger partial charge in [-0.1, -0.05) is 25.1 Å². The van der Waals surface area contributed by atoms with Gasteiger partial charge in [0.05, 0.1) is 10.8 Å². The fourth-order valence-electron chi connectivity index (χ4n) is 2.63. The molecule has 0 bridgehead atoms. The molecule has 3 atom stereocenters. The van der Waals surface area contributed by atoms with Crippen LogP contribution in [-0.4, -0.2) is 22.0 Å². The van der Waals surface area contributed by atoms with Gasteiger partial charge in [-0.25, -0.2) is 0 Å². The largest absolute Gasteiger partial charge is 0.314 e. The lowest BCUT2D eigenvalue weighted by Gasteiger charge is -2.13. The second-order valence-corrected chi connectivity index (χ2v) is 6.85. The molecule has 0 saturated heterocycles. The van der Waals surface area contributed by atoms with Gasteiger partial charge in [-0.3, -0.25) is 4.21 Å². The van der Waals surface area contributed by atoms with Gasteiger partial charge in [0.15, 0.2) is 0 Å². The van der Waals surface area contributed by atoms with Crippen molar-refractivity contribution in [3.05, 3.63) is 29.8 Å². The lowest BCUT2D eigenvalue weighted by atomic mass is 10.2. The van der Waals surface area contributed by atoms with E-state index in [1.165, 1.54) is 12.8 Å². The molecule has 0 aliphatic heterocycles. The van der Waals surface area contributed by atoms with Gasteiger partial charge in [0.2, 0.25) is 0 Å². The van der Waals surface area contributed by atoms with Crippen LogP contribution >= 0.6 is 0 Å². The van der Waals surface area contributed by atoms with Crippen LogP contribution in [0.2, 0.25) is 0 Å². The van der Waals surface area contributed by atoms with E-state index in [2.05, 4.69) is 25.2 Å². The van der Waals surface area contributed by atoms with Crippen LogP contribution in [0.5, 0.6) is 0 Å². The van der Waals surface area contributed by atoms with Gasteiger partial charge >= 0.3 is 0 Å². The zero-order chi connectivity index (χ0) is 13.0. The number of rotatable bonds is 5. The average molecular weight is 265 g/mol. The first-order valence-corrected chi connectivity index (χ1v) is 8.13. The molecule has 0 heterocycles. The Bertz CT molecular complexity index is 419. The minimum atomic E-state index is -0.837. The number of nitrogens with one attached hydrogen (secondary N) is 1. The van der Waals surface area contributed by atoms with Crippen LogP contribution in [0.4, 0.5) is 0 Å². The molecular formula is C15H23NOS. The molecule has 1 aliphatic rings. The zero-order valence-electron chi connectivity index (χ0n) is 11.3. The van der Waals surface area contributed by atoms with E-state index in [4.69, 9.17) is 0 Å². The summed E-state index contributed by atoms with van der Waals surface area (Å²) in [6.45, 7) is 5.31. The van der Waals surface area contributed by atoms with E-state index < -0.39 is 10.8 Å². The van der Waals surface area contributed by atoms with Crippen LogP contribution in [0, 0.1) is 6.92 Å². The molecule has 18 heavy (non-hydrogen) atoms.